The molecule has 0 atom stereocenters. The predicted octanol–water partition coefficient (Wildman–Crippen LogP) is 5.87. The van der Waals surface area contributed by atoms with Gasteiger partial charge in [0.1, 0.15) is 12.4 Å². The monoisotopic (exact) mass is 395 g/mol. The molecule has 146 valence electrons. The first-order valence-corrected chi connectivity index (χ1v) is 9.68. The van der Waals surface area contributed by atoms with Crippen LogP contribution >= 0.6 is 0 Å². The third-order valence-electron chi connectivity index (χ3n) is 5.06. The Labute approximate surface area is 173 Å². The van der Waals surface area contributed by atoms with E-state index in [9.17, 15) is 4.39 Å². The maximum absolute atomic E-state index is 14.9. The number of rotatable bonds is 4. The molecule has 0 saturated heterocycles. The molecule has 0 aliphatic rings. The van der Waals surface area contributed by atoms with Gasteiger partial charge in [0.05, 0.1) is 33.4 Å². The van der Waals surface area contributed by atoms with Gasteiger partial charge in [-0.2, -0.15) is 4.39 Å². The van der Waals surface area contributed by atoms with Crippen LogP contribution in [0, 0.1) is 12.9 Å². The van der Waals surface area contributed by atoms with E-state index in [1.165, 1.54) is 0 Å². The number of aryl methyl sites for hydroxylation is 1. The van der Waals surface area contributed by atoms with Crippen molar-refractivity contribution in [3.05, 3.63) is 96.2 Å². The zero-order valence-corrected chi connectivity index (χ0v) is 16.3. The van der Waals surface area contributed by atoms with Gasteiger partial charge in [-0.15, -0.1) is 0 Å². The lowest BCUT2D eigenvalue weighted by atomic mass is 10.1. The summed E-state index contributed by atoms with van der Waals surface area (Å²) in [6.07, 6.45) is 1.70. The highest BCUT2D eigenvalue weighted by atomic mass is 19.1. The maximum Gasteiger partial charge on any atom is 0.222 e. The summed E-state index contributed by atoms with van der Waals surface area (Å²) in [5.74, 6) is 0.0670. The lowest BCUT2D eigenvalue weighted by Crippen LogP contribution is -2.00. The van der Waals surface area contributed by atoms with Crippen molar-refractivity contribution in [2.45, 2.75) is 13.5 Å². The Morgan fingerprint density at radius 2 is 1.67 bits per heavy atom. The van der Waals surface area contributed by atoms with Crippen molar-refractivity contribution >= 4 is 21.8 Å². The normalized spacial score (nSPS) is 11.1. The third-order valence-corrected chi connectivity index (χ3v) is 5.06. The molecule has 0 N–H and O–H groups in total. The van der Waals surface area contributed by atoms with Gasteiger partial charge in [-0.05, 0) is 30.7 Å². The van der Waals surface area contributed by atoms with Gasteiger partial charge in [-0.1, -0.05) is 48.5 Å². The topological polar surface area (TPSA) is 47.9 Å². The number of benzene rings is 2. The summed E-state index contributed by atoms with van der Waals surface area (Å²) in [6.45, 7) is 2.31. The van der Waals surface area contributed by atoms with Crippen LogP contribution in [0.4, 0.5) is 4.39 Å². The van der Waals surface area contributed by atoms with Gasteiger partial charge in [0.15, 0.2) is 0 Å². The lowest BCUT2D eigenvalue weighted by Gasteiger charge is -2.13. The minimum absolute atomic E-state index is 0.342. The van der Waals surface area contributed by atoms with Crippen molar-refractivity contribution in [1.29, 1.82) is 0 Å². The largest absolute Gasteiger partial charge is 0.488 e. The Kier molecular flexibility index (Phi) is 4.56. The van der Waals surface area contributed by atoms with Crippen molar-refractivity contribution in [1.82, 2.24) is 15.0 Å². The number of fused-ring (bicyclic) bond motifs is 2. The smallest absolute Gasteiger partial charge is 0.222 e. The first kappa shape index (κ1) is 18.2. The molecule has 0 amide bonds. The Bertz CT molecular complexity index is 1370. The molecule has 0 bridgehead atoms. The average molecular weight is 395 g/mol. The lowest BCUT2D eigenvalue weighted by molar-refractivity contribution is 0.310. The fourth-order valence-electron chi connectivity index (χ4n) is 3.57. The van der Waals surface area contributed by atoms with Crippen LogP contribution in [0.1, 0.15) is 11.3 Å². The van der Waals surface area contributed by atoms with E-state index in [1.807, 2.05) is 61.5 Å². The van der Waals surface area contributed by atoms with Crippen molar-refractivity contribution in [2.75, 3.05) is 0 Å². The van der Waals surface area contributed by atoms with E-state index >= 15 is 0 Å². The zero-order valence-electron chi connectivity index (χ0n) is 16.3. The van der Waals surface area contributed by atoms with E-state index in [0.29, 0.717) is 34.6 Å². The highest BCUT2D eigenvalue weighted by Gasteiger charge is 2.16. The van der Waals surface area contributed by atoms with Crippen LogP contribution in [-0.2, 0) is 6.61 Å². The summed E-state index contributed by atoms with van der Waals surface area (Å²) in [7, 11) is 0. The molecule has 5 rings (SSSR count). The summed E-state index contributed by atoms with van der Waals surface area (Å²) in [5, 5.41) is 1.68. The molecule has 4 nitrogen and oxygen atoms in total. The summed E-state index contributed by atoms with van der Waals surface area (Å²) >= 11 is 0. The van der Waals surface area contributed by atoms with Crippen molar-refractivity contribution in [3.63, 3.8) is 0 Å². The number of halogens is 1. The van der Waals surface area contributed by atoms with E-state index in [4.69, 9.17) is 4.74 Å². The van der Waals surface area contributed by atoms with Gasteiger partial charge in [0, 0.05) is 17.6 Å². The van der Waals surface area contributed by atoms with Crippen molar-refractivity contribution < 1.29 is 9.13 Å². The Morgan fingerprint density at radius 3 is 2.53 bits per heavy atom. The van der Waals surface area contributed by atoms with Gasteiger partial charge in [0.2, 0.25) is 5.95 Å². The average Bonchev–Trinajstić information content (AvgIpc) is 2.77. The van der Waals surface area contributed by atoms with Crippen LogP contribution in [0.2, 0.25) is 0 Å². The standard InChI is InChI=1S/C25H18FN3O/c1-16-24-21(11-12-27-16)28-22(14-23(24)30-15-17-7-3-2-4-8-17)19-13-18-9-5-6-10-20(18)29-25(19)26/h2-14H,15H2,1H3. The van der Waals surface area contributed by atoms with Crippen molar-refractivity contribution in [2.24, 2.45) is 0 Å². The van der Waals surface area contributed by atoms with Gasteiger partial charge in [-0.25, -0.2) is 9.97 Å². The molecule has 5 heteroatoms. The quantitative estimate of drug-likeness (QED) is 0.357. The number of aromatic nitrogens is 3. The minimum Gasteiger partial charge on any atom is -0.488 e. The zero-order chi connectivity index (χ0) is 20.5. The number of pyridine rings is 3. The third kappa shape index (κ3) is 3.35. The van der Waals surface area contributed by atoms with Gasteiger partial charge >= 0.3 is 0 Å². The van der Waals surface area contributed by atoms with Crippen molar-refractivity contribution in [3.8, 4) is 17.0 Å². The first-order valence-electron chi connectivity index (χ1n) is 9.68. The summed E-state index contributed by atoms with van der Waals surface area (Å²) in [4.78, 5) is 13.2. The number of ether oxygens (including phenoxy) is 1. The van der Waals surface area contributed by atoms with Gasteiger partial charge < -0.3 is 4.74 Å². The molecule has 0 spiro atoms. The van der Waals surface area contributed by atoms with E-state index < -0.39 is 5.95 Å². The fourth-order valence-corrected chi connectivity index (χ4v) is 3.57. The molecule has 3 heterocycles. The molecule has 3 aromatic heterocycles. The molecule has 0 saturated carbocycles. The number of nitrogens with zero attached hydrogens (tertiary/aromatic N) is 3. The second-order valence-electron chi connectivity index (χ2n) is 7.09. The molecular weight excluding hydrogens is 377 g/mol. The molecule has 0 aliphatic heterocycles. The molecule has 0 fully saturated rings. The molecule has 30 heavy (non-hydrogen) atoms. The first-order chi connectivity index (χ1) is 14.7. The van der Waals surface area contributed by atoms with Crippen LogP contribution in [-0.4, -0.2) is 15.0 Å². The summed E-state index contributed by atoms with van der Waals surface area (Å²) in [5.41, 5.74) is 3.99. The molecular formula is C25H18FN3O. The van der Waals surface area contributed by atoms with Gasteiger partial charge in [-0.3, -0.25) is 4.98 Å². The van der Waals surface area contributed by atoms with E-state index in [-0.39, 0.29) is 0 Å². The molecule has 2 aromatic carbocycles. The summed E-state index contributed by atoms with van der Waals surface area (Å²) in [6, 6.07) is 22.7. The van der Waals surface area contributed by atoms with E-state index in [1.54, 1.807) is 24.4 Å². The number of para-hydroxylation sites is 1. The van der Waals surface area contributed by atoms with Gasteiger partial charge in [0.25, 0.3) is 0 Å². The Morgan fingerprint density at radius 1 is 0.867 bits per heavy atom. The minimum atomic E-state index is -0.555. The number of hydrogen-bond donors (Lipinski definition) is 0. The predicted molar refractivity (Wildman–Crippen MR) is 116 cm³/mol. The number of hydrogen-bond acceptors (Lipinski definition) is 4. The Hall–Kier alpha value is -3.86. The highest BCUT2D eigenvalue weighted by molar-refractivity contribution is 5.91. The molecule has 0 aliphatic carbocycles. The van der Waals surface area contributed by atoms with E-state index in [2.05, 4.69) is 15.0 Å². The maximum atomic E-state index is 14.9. The van der Waals surface area contributed by atoms with Crippen LogP contribution < -0.4 is 4.74 Å². The highest BCUT2D eigenvalue weighted by Crippen LogP contribution is 2.33. The Balaban J connectivity index is 1.65. The van der Waals surface area contributed by atoms with Crippen LogP contribution in [0.3, 0.4) is 0 Å². The van der Waals surface area contributed by atoms with Crippen LogP contribution in [0.15, 0.2) is 79.0 Å². The molecule has 0 radical (unpaired) electrons. The SMILES string of the molecule is Cc1nccc2nc(-c3cc4ccccc4nc3F)cc(OCc3ccccc3)c12. The van der Waals surface area contributed by atoms with Crippen LogP contribution in [0.5, 0.6) is 5.75 Å². The second kappa shape index (κ2) is 7.52. The second-order valence-corrected chi connectivity index (χ2v) is 7.09. The molecule has 0 unspecified atom stereocenters. The van der Waals surface area contributed by atoms with E-state index in [0.717, 1.165) is 22.0 Å². The fraction of sp³-hybridized carbons (Fsp3) is 0.0800. The molecule has 5 aromatic rings. The summed E-state index contributed by atoms with van der Waals surface area (Å²) < 4.78 is 21.0. The van der Waals surface area contributed by atoms with Crippen LogP contribution in [0.25, 0.3) is 33.1 Å².